The van der Waals surface area contributed by atoms with Crippen LogP contribution in [0.15, 0.2) is 35.9 Å². The van der Waals surface area contributed by atoms with Gasteiger partial charge in [-0.3, -0.25) is 9.59 Å². The van der Waals surface area contributed by atoms with E-state index in [-0.39, 0.29) is 24.4 Å². The fourth-order valence-electron chi connectivity index (χ4n) is 4.04. The first-order chi connectivity index (χ1) is 13.7. The minimum atomic E-state index is -0.0811. The van der Waals surface area contributed by atoms with Gasteiger partial charge in [0.05, 0.1) is 6.54 Å². The molecular formula is C23H33N3O2. The summed E-state index contributed by atoms with van der Waals surface area (Å²) < 4.78 is 0. The van der Waals surface area contributed by atoms with Crippen LogP contribution in [0.1, 0.15) is 74.6 Å². The minimum Gasteiger partial charge on any atom is -0.349 e. The van der Waals surface area contributed by atoms with Crippen LogP contribution in [0.2, 0.25) is 0 Å². The fourth-order valence-corrected chi connectivity index (χ4v) is 4.04. The Balaban J connectivity index is 1.40. The molecule has 0 saturated heterocycles. The van der Waals surface area contributed by atoms with Crippen LogP contribution in [-0.2, 0) is 4.79 Å². The SMILES string of the molecule is O=C(CNCCC1=CCCCC1)Nc1cccc(C(=O)NC2CCCCC2)c1. The van der Waals surface area contributed by atoms with Gasteiger partial charge in [0.25, 0.3) is 5.91 Å². The maximum atomic E-state index is 12.5. The average molecular weight is 384 g/mol. The molecule has 0 aliphatic heterocycles. The van der Waals surface area contributed by atoms with Crippen molar-refractivity contribution in [1.29, 1.82) is 0 Å². The van der Waals surface area contributed by atoms with Gasteiger partial charge in [-0.25, -0.2) is 0 Å². The Morgan fingerprint density at radius 1 is 1.04 bits per heavy atom. The summed E-state index contributed by atoms with van der Waals surface area (Å²) in [5, 5.41) is 9.21. The summed E-state index contributed by atoms with van der Waals surface area (Å²) in [5.41, 5.74) is 2.77. The highest BCUT2D eigenvalue weighted by Gasteiger charge is 2.17. The van der Waals surface area contributed by atoms with Crippen molar-refractivity contribution >= 4 is 17.5 Å². The normalized spacial score (nSPS) is 17.6. The highest BCUT2D eigenvalue weighted by Crippen LogP contribution is 2.20. The molecule has 0 atom stereocenters. The van der Waals surface area contributed by atoms with Crippen LogP contribution in [0.4, 0.5) is 5.69 Å². The van der Waals surface area contributed by atoms with Gasteiger partial charge in [0.2, 0.25) is 5.91 Å². The van der Waals surface area contributed by atoms with Crippen molar-refractivity contribution in [2.75, 3.05) is 18.4 Å². The first-order valence-corrected chi connectivity index (χ1v) is 10.8. The molecule has 2 aliphatic carbocycles. The monoisotopic (exact) mass is 383 g/mol. The second-order valence-electron chi connectivity index (χ2n) is 7.97. The van der Waals surface area contributed by atoms with Crippen molar-refractivity contribution in [2.24, 2.45) is 0 Å². The van der Waals surface area contributed by atoms with Crippen LogP contribution in [0.3, 0.4) is 0 Å². The number of allylic oxidation sites excluding steroid dienone is 1. The molecule has 152 valence electrons. The van der Waals surface area contributed by atoms with Crippen LogP contribution in [0, 0.1) is 0 Å². The van der Waals surface area contributed by atoms with Gasteiger partial charge in [-0.1, -0.05) is 37.0 Å². The third-order valence-corrected chi connectivity index (χ3v) is 5.64. The average Bonchev–Trinajstić information content (AvgIpc) is 2.73. The van der Waals surface area contributed by atoms with Gasteiger partial charge in [-0.2, -0.15) is 0 Å². The third kappa shape index (κ3) is 6.79. The van der Waals surface area contributed by atoms with Gasteiger partial charge < -0.3 is 16.0 Å². The Morgan fingerprint density at radius 3 is 2.68 bits per heavy atom. The second-order valence-corrected chi connectivity index (χ2v) is 7.97. The zero-order chi connectivity index (χ0) is 19.6. The Labute approximate surface area is 168 Å². The van der Waals surface area contributed by atoms with Crippen LogP contribution >= 0.6 is 0 Å². The summed E-state index contributed by atoms with van der Waals surface area (Å²) in [7, 11) is 0. The molecule has 28 heavy (non-hydrogen) atoms. The largest absolute Gasteiger partial charge is 0.349 e. The van der Waals surface area contributed by atoms with Crippen molar-refractivity contribution in [2.45, 2.75) is 70.3 Å². The maximum Gasteiger partial charge on any atom is 0.251 e. The number of anilines is 1. The lowest BCUT2D eigenvalue weighted by Gasteiger charge is -2.22. The highest BCUT2D eigenvalue weighted by molar-refractivity contribution is 5.97. The lowest BCUT2D eigenvalue weighted by Crippen LogP contribution is -2.36. The van der Waals surface area contributed by atoms with Crippen LogP contribution < -0.4 is 16.0 Å². The minimum absolute atomic E-state index is 0.0538. The predicted molar refractivity (Wildman–Crippen MR) is 113 cm³/mol. The molecule has 5 heteroatoms. The lowest BCUT2D eigenvalue weighted by atomic mass is 9.95. The molecule has 0 heterocycles. The standard InChI is InChI=1S/C23H33N3O2/c27-22(17-24-15-14-18-8-3-1-4-9-18)25-21-13-7-10-19(16-21)23(28)26-20-11-5-2-6-12-20/h7-8,10,13,16,20,24H,1-6,9,11-12,14-15,17H2,(H,25,27)(H,26,28). The maximum absolute atomic E-state index is 12.5. The Bertz CT molecular complexity index is 693. The lowest BCUT2D eigenvalue weighted by molar-refractivity contribution is -0.115. The van der Waals surface area contributed by atoms with E-state index in [2.05, 4.69) is 22.0 Å². The van der Waals surface area contributed by atoms with Crippen LogP contribution in [0.5, 0.6) is 0 Å². The molecule has 2 aliphatic rings. The molecule has 0 spiro atoms. The molecule has 0 aromatic heterocycles. The van der Waals surface area contributed by atoms with E-state index in [1.165, 1.54) is 50.5 Å². The van der Waals surface area contributed by atoms with E-state index in [1.807, 2.05) is 12.1 Å². The van der Waals surface area contributed by atoms with E-state index in [9.17, 15) is 9.59 Å². The Kier molecular flexibility index (Phi) is 8.09. The number of hydrogen-bond acceptors (Lipinski definition) is 3. The third-order valence-electron chi connectivity index (χ3n) is 5.64. The second kappa shape index (κ2) is 11.0. The molecule has 1 aromatic rings. The van der Waals surface area contributed by atoms with E-state index < -0.39 is 0 Å². The molecule has 1 saturated carbocycles. The van der Waals surface area contributed by atoms with Gasteiger partial charge in [0, 0.05) is 17.3 Å². The number of benzene rings is 1. The summed E-state index contributed by atoms with van der Waals surface area (Å²) in [6.45, 7) is 1.11. The molecule has 2 amide bonds. The molecule has 0 unspecified atom stereocenters. The molecule has 0 bridgehead atoms. The van der Waals surface area contributed by atoms with Crippen molar-refractivity contribution in [1.82, 2.24) is 10.6 Å². The first kappa shape index (κ1) is 20.6. The van der Waals surface area contributed by atoms with Crippen molar-refractivity contribution in [3.8, 4) is 0 Å². The molecular weight excluding hydrogens is 350 g/mol. The van der Waals surface area contributed by atoms with E-state index in [1.54, 1.807) is 12.1 Å². The summed E-state index contributed by atoms with van der Waals surface area (Å²) in [4.78, 5) is 24.6. The number of amides is 2. The number of carbonyl (C=O) groups is 2. The van der Waals surface area contributed by atoms with Gasteiger partial charge in [0.1, 0.15) is 0 Å². The van der Waals surface area contributed by atoms with Gasteiger partial charge in [-0.05, 0) is 69.7 Å². The molecule has 0 radical (unpaired) electrons. The van der Waals surface area contributed by atoms with Gasteiger partial charge in [-0.15, -0.1) is 0 Å². The number of nitrogens with one attached hydrogen (secondary N) is 3. The van der Waals surface area contributed by atoms with E-state index in [0.717, 1.165) is 25.8 Å². The fraction of sp³-hybridized carbons (Fsp3) is 0.565. The summed E-state index contributed by atoms with van der Waals surface area (Å²) in [6, 6.07) is 7.46. The summed E-state index contributed by atoms with van der Waals surface area (Å²) in [6.07, 6.45) is 14.1. The molecule has 5 nitrogen and oxygen atoms in total. The Morgan fingerprint density at radius 2 is 1.89 bits per heavy atom. The zero-order valence-electron chi connectivity index (χ0n) is 16.8. The van der Waals surface area contributed by atoms with Crippen molar-refractivity contribution in [3.05, 3.63) is 41.5 Å². The molecule has 3 rings (SSSR count). The Hall–Kier alpha value is -2.14. The van der Waals surface area contributed by atoms with Crippen LogP contribution in [0.25, 0.3) is 0 Å². The van der Waals surface area contributed by atoms with E-state index in [0.29, 0.717) is 11.3 Å². The quantitative estimate of drug-likeness (QED) is 0.466. The zero-order valence-corrected chi connectivity index (χ0v) is 16.8. The number of rotatable bonds is 8. The molecule has 1 aromatic carbocycles. The first-order valence-electron chi connectivity index (χ1n) is 10.8. The number of hydrogen-bond donors (Lipinski definition) is 3. The van der Waals surface area contributed by atoms with E-state index >= 15 is 0 Å². The van der Waals surface area contributed by atoms with Crippen molar-refractivity contribution < 1.29 is 9.59 Å². The van der Waals surface area contributed by atoms with Crippen LogP contribution in [-0.4, -0.2) is 30.9 Å². The van der Waals surface area contributed by atoms with Gasteiger partial charge >= 0.3 is 0 Å². The summed E-state index contributed by atoms with van der Waals surface area (Å²) in [5.74, 6) is -0.135. The van der Waals surface area contributed by atoms with Gasteiger partial charge in [0.15, 0.2) is 0 Å². The molecule has 1 fully saturated rings. The predicted octanol–water partition coefficient (Wildman–Crippen LogP) is 4.17. The summed E-state index contributed by atoms with van der Waals surface area (Å²) >= 11 is 0. The topological polar surface area (TPSA) is 70.2 Å². The highest BCUT2D eigenvalue weighted by atomic mass is 16.2. The molecule has 3 N–H and O–H groups in total. The smallest absolute Gasteiger partial charge is 0.251 e. The van der Waals surface area contributed by atoms with Crippen molar-refractivity contribution in [3.63, 3.8) is 0 Å². The van der Waals surface area contributed by atoms with E-state index in [4.69, 9.17) is 0 Å². The number of carbonyl (C=O) groups excluding carboxylic acids is 2.